The fraction of sp³-hybridized carbons (Fsp3) is 0.235. The molecule has 1 aliphatic carbocycles. The van der Waals surface area contributed by atoms with Crippen molar-refractivity contribution >= 4 is 0 Å². The predicted molar refractivity (Wildman–Crippen MR) is 78.4 cm³/mol. The zero-order chi connectivity index (χ0) is 12.3. The molecule has 2 rings (SSSR count). The van der Waals surface area contributed by atoms with Crippen LogP contribution in [0.25, 0.3) is 0 Å². The summed E-state index contributed by atoms with van der Waals surface area (Å²) in [4.78, 5) is 0. The Labute approximate surface area is 110 Å². The molecule has 95 valence electrons. The van der Waals surface area contributed by atoms with Crippen molar-refractivity contribution in [2.75, 3.05) is 0 Å². The second kappa shape index (κ2) is 5.83. The van der Waals surface area contributed by atoms with Crippen LogP contribution in [-0.2, 0) is 5.41 Å². The van der Waals surface area contributed by atoms with Crippen LogP contribution in [0.3, 0.4) is 0 Å². The highest BCUT2D eigenvalue weighted by atomic mass is 16.0. The number of rotatable bonds is 2. The third-order valence-corrected chi connectivity index (χ3v) is 3.38. The van der Waals surface area contributed by atoms with Gasteiger partial charge in [-0.05, 0) is 18.1 Å². The summed E-state index contributed by atoms with van der Waals surface area (Å²) in [6, 6.07) is 10.7. The average Bonchev–Trinajstić information content (AvgIpc) is 2.55. The SMILES string of the molecule is CC1=CC=CC(C(C)(C)c2ccccc2)=C[CH]1.O. The molecule has 1 aromatic rings. The van der Waals surface area contributed by atoms with E-state index < -0.39 is 0 Å². The second-order valence-electron chi connectivity index (χ2n) is 5.05. The highest BCUT2D eigenvalue weighted by molar-refractivity contribution is 5.45. The maximum atomic E-state index is 2.27. The Morgan fingerprint density at radius 1 is 0.944 bits per heavy atom. The van der Waals surface area contributed by atoms with Gasteiger partial charge in [-0.1, -0.05) is 74.1 Å². The van der Waals surface area contributed by atoms with E-state index >= 15 is 0 Å². The Morgan fingerprint density at radius 3 is 2.28 bits per heavy atom. The minimum absolute atomic E-state index is 0. The highest BCUT2D eigenvalue weighted by Crippen LogP contribution is 2.33. The predicted octanol–water partition coefficient (Wildman–Crippen LogP) is 3.79. The first-order valence-electron chi connectivity index (χ1n) is 6.07. The van der Waals surface area contributed by atoms with Gasteiger partial charge in [-0.2, -0.15) is 0 Å². The quantitative estimate of drug-likeness (QED) is 0.754. The monoisotopic (exact) mass is 241 g/mol. The van der Waals surface area contributed by atoms with E-state index in [-0.39, 0.29) is 10.9 Å². The van der Waals surface area contributed by atoms with Crippen molar-refractivity contribution in [2.24, 2.45) is 0 Å². The molecule has 0 bridgehead atoms. The van der Waals surface area contributed by atoms with Crippen LogP contribution in [0.5, 0.6) is 0 Å². The van der Waals surface area contributed by atoms with Crippen molar-refractivity contribution in [1.29, 1.82) is 0 Å². The lowest BCUT2D eigenvalue weighted by Gasteiger charge is -2.27. The van der Waals surface area contributed by atoms with Crippen molar-refractivity contribution in [3.05, 3.63) is 77.8 Å². The largest absolute Gasteiger partial charge is 0.412 e. The van der Waals surface area contributed by atoms with Gasteiger partial charge in [0.2, 0.25) is 0 Å². The molecule has 1 heteroatoms. The minimum Gasteiger partial charge on any atom is -0.412 e. The summed E-state index contributed by atoms with van der Waals surface area (Å²) in [5.74, 6) is 0. The molecule has 0 spiro atoms. The van der Waals surface area contributed by atoms with Crippen molar-refractivity contribution in [1.82, 2.24) is 0 Å². The topological polar surface area (TPSA) is 31.5 Å². The van der Waals surface area contributed by atoms with Crippen LogP contribution in [0.2, 0.25) is 0 Å². The maximum absolute atomic E-state index is 2.27. The Kier molecular flexibility index (Phi) is 4.69. The molecule has 1 aliphatic rings. The van der Waals surface area contributed by atoms with E-state index in [4.69, 9.17) is 0 Å². The molecule has 1 nitrogen and oxygen atoms in total. The van der Waals surface area contributed by atoms with Crippen molar-refractivity contribution in [3.8, 4) is 0 Å². The molecule has 0 heterocycles. The van der Waals surface area contributed by atoms with E-state index in [1.54, 1.807) is 0 Å². The van der Waals surface area contributed by atoms with Gasteiger partial charge in [0, 0.05) is 11.8 Å². The molecule has 1 aromatic carbocycles. The average molecular weight is 241 g/mol. The van der Waals surface area contributed by atoms with Crippen LogP contribution in [0.4, 0.5) is 0 Å². The van der Waals surface area contributed by atoms with Crippen molar-refractivity contribution in [3.63, 3.8) is 0 Å². The van der Waals surface area contributed by atoms with E-state index in [2.05, 4.69) is 81.8 Å². The normalized spacial score (nSPS) is 15.3. The van der Waals surface area contributed by atoms with Gasteiger partial charge in [-0.15, -0.1) is 0 Å². The summed E-state index contributed by atoms with van der Waals surface area (Å²) >= 11 is 0. The zero-order valence-electron chi connectivity index (χ0n) is 11.3. The zero-order valence-corrected chi connectivity index (χ0v) is 11.3. The number of benzene rings is 1. The third kappa shape index (κ3) is 2.99. The molecule has 0 saturated carbocycles. The fourth-order valence-corrected chi connectivity index (χ4v) is 2.07. The molecule has 0 atom stereocenters. The number of allylic oxidation sites excluding steroid dienone is 6. The maximum Gasteiger partial charge on any atom is 0.0143 e. The van der Waals surface area contributed by atoms with Crippen LogP contribution in [0.1, 0.15) is 26.3 Å². The molecule has 0 aromatic heterocycles. The molecule has 18 heavy (non-hydrogen) atoms. The van der Waals surface area contributed by atoms with Gasteiger partial charge in [-0.3, -0.25) is 0 Å². The van der Waals surface area contributed by atoms with Crippen LogP contribution < -0.4 is 0 Å². The Hall–Kier alpha value is -1.60. The summed E-state index contributed by atoms with van der Waals surface area (Å²) in [5.41, 5.74) is 4.04. The highest BCUT2D eigenvalue weighted by Gasteiger charge is 2.23. The minimum atomic E-state index is 0. The molecule has 0 amide bonds. The van der Waals surface area contributed by atoms with Crippen LogP contribution >= 0.6 is 0 Å². The molecule has 1 radical (unpaired) electrons. The summed E-state index contributed by atoms with van der Waals surface area (Å²) < 4.78 is 0. The number of hydrogen-bond donors (Lipinski definition) is 0. The van der Waals surface area contributed by atoms with Gasteiger partial charge >= 0.3 is 0 Å². The van der Waals surface area contributed by atoms with Gasteiger partial charge in [0.15, 0.2) is 0 Å². The van der Waals surface area contributed by atoms with E-state index in [0.29, 0.717) is 0 Å². The molecular formula is C17H21O. The molecule has 0 aliphatic heterocycles. The third-order valence-electron chi connectivity index (χ3n) is 3.38. The molecule has 0 fully saturated rings. The van der Waals surface area contributed by atoms with Gasteiger partial charge < -0.3 is 5.48 Å². The van der Waals surface area contributed by atoms with E-state index in [0.717, 1.165) is 0 Å². The smallest absolute Gasteiger partial charge is 0.0143 e. The first kappa shape index (κ1) is 14.5. The van der Waals surface area contributed by atoms with E-state index in [9.17, 15) is 0 Å². The first-order valence-corrected chi connectivity index (χ1v) is 6.07. The fourth-order valence-electron chi connectivity index (χ4n) is 2.07. The lowest BCUT2D eigenvalue weighted by atomic mass is 9.77. The van der Waals surface area contributed by atoms with Crippen LogP contribution in [0, 0.1) is 6.42 Å². The summed E-state index contributed by atoms with van der Waals surface area (Å²) in [6.45, 7) is 6.67. The molecule has 0 unspecified atom stereocenters. The summed E-state index contributed by atoms with van der Waals surface area (Å²) in [6.07, 6.45) is 10.9. The lowest BCUT2D eigenvalue weighted by Crippen LogP contribution is -2.19. The Bertz CT molecular complexity index is 476. The number of hydrogen-bond acceptors (Lipinski definition) is 0. The standard InChI is InChI=1S/C17H19.H2O/c1-14-8-7-11-16(13-12-14)17(2,3)15-9-5-4-6-10-15;/h4-13H,1-3H3;1H2. The van der Waals surface area contributed by atoms with Crippen molar-refractivity contribution in [2.45, 2.75) is 26.2 Å². The van der Waals surface area contributed by atoms with E-state index in [1.807, 2.05) is 0 Å². The lowest BCUT2D eigenvalue weighted by molar-refractivity contribution is 0.639. The van der Waals surface area contributed by atoms with Crippen LogP contribution in [-0.4, -0.2) is 5.48 Å². The van der Waals surface area contributed by atoms with Gasteiger partial charge in [-0.25, -0.2) is 0 Å². The Balaban J connectivity index is 0.00000162. The van der Waals surface area contributed by atoms with Crippen LogP contribution in [0.15, 0.2) is 65.8 Å². The first-order chi connectivity index (χ1) is 8.10. The molecule has 0 saturated heterocycles. The second-order valence-corrected chi connectivity index (χ2v) is 5.05. The Morgan fingerprint density at radius 2 is 1.61 bits per heavy atom. The van der Waals surface area contributed by atoms with Crippen molar-refractivity contribution < 1.29 is 5.48 Å². The molecule has 2 N–H and O–H groups in total. The van der Waals surface area contributed by atoms with Gasteiger partial charge in [0.25, 0.3) is 0 Å². The van der Waals surface area contributed by atoms with E-state index in [1.165, 1.54) is 16.7 Å². The van der Waals surface area contributed by atoms with Gasteiger partial charge in [0.1, 0.15) is 0 Å². The summed E-state index contributed by atoms with van der Waals surface area (Å²) in [5, 5.41) is 0. The molecular weight excluding hydrogens is 220 g/mol. The summed E-state index contributed by atoms with van der Waals surface area (Å²) in [7, 11) is 0. The van der Waals surface area contributed by atoms with Gasteiger partial charge in [0.05, 0.1) is 0 Å².